The molecule has 5 heteroatoms. The lowest BCUT2D eigenvalue weighted by molar-refractivity contribution is 0.0950. The second kappa shape index (κ2) is 5.81. The van der Waals surface area contributed by atoms with Crippen molar-refractivity contribution < 1.29 is 4.79 Å². The summed E-state index contributed by atoms with van der Waals surface area (Å²) in [4.78, 5) is 19.7. The molecule has 0 unspecified atom stereocenters. The Bertz CT molecular complexity index is 850. The molecule has 2 heterocycles. The van der Waals surface area contributed by atoms with Crippen LogP contribution in [-0.2, 0) is 0 Å². The van der Waals surface area contributed by atoms with Gasteiger partial charge in [0.2, 0.25) is 0 Å². The highest BCUT2D eigenvalue weighted by atomic mass is 16.2. The van der Waals surface area contributed by atoms with Gasteiger partial charge in [-0.25, -0.2) is 10.4 Å². The third-order valence-electron chi connectivity index (χ3n) is 3.37. The molecule has 110 valence electrons. The molecule has 3 rings (SSSR count). The first kappa shape index (κ1) is 14.0. The number of aromatic amines is 1. The minimum Gasteiger partial charge on any atom is -0.360 e. The Hall–Kier alpha value is -2.95. The van der Waals surface area contributed by atoms with Gasteiger partial charge in [-0.2, -0.15) is 5.10 Å². The molecule has 0 radical (unpaired) electrons. The molecule has 1 amide bonds. The highest BCUT2D eigenvalue weighted by molar-refractivity contribution is 5.97. The second-order valence-electron chi connectivity index (χ2n) is 5.17. The summed E-state index contributed by atoms with van der Waals surface area (Å²) in [6, 6.07) is 11.7. The van der Waals surface area contributed by atoms with Gasteiger partial charge in [0.25, 0.3) is 5.91 Å². The predicted molar refractivity (Wildman–Crippen MR) is 87.1 cm³/mol. The van der Waals surface area contributed by atoms with Crippen LogP contribution in [0.15, 0.2) is 47.7 Å². The van der Waals surface area contributed by atoms with E-state index >= 15 is 0 Å². The number of amides is 1. The number of aromatic nitrogens is 2. The molecule has 3 aromatic rings. The van der Waals surface area contributed by atoms with Gasteiger partial charge in [0.1, 0.15) is 5.69 Å². The van der Waals surface area contributed by atoms with E-state index in [-0.39, 0.29) is 5.91 Å². The Balaban J connectivity index is 1.85. The van der Waals surface area contributed by atoms with Gasteiger partial charge in [0, 0.05) is 11.6 Å². The molecule has 22 heavy (non-hydrogen) atoms. The van der Waals surface area contributed by atoms with Crippen LogP contribution in [0.1, 0.15) is 27.3 Å². The maximum atomic E-state index is 12.2. The summed E-state index contributed by atoms with van der Waals surface area (Å²) in [5, 5.41) is 4.96. The van der Waals surface area contributed by atoms with E-state index < -0.39 is 0 Å². The molecule has 0 saturated heterocycles. The molecular weight excluding hydrogens is 276 g/mol. The molecular formula is C17H16N4O. The number of rotatable bonds is 3. The summed E-state index contributed by atoms with van der Waals surface area (Å²) in [5.41, 5.74) is 6.46. The van der Waals surface area contributed by atoms with Crippen LogP contribution in [0.4, 0.5) is 0 Å². The largest absolute Gasteiger partial charge is 0.360 e. The lowest BCUT2D eigenvalue weighted by Crippen LogP contribution is -2.20. The van der Waals surface area contributed by atoms with Crippen molar-refractivity contribution in [2.24, 2.45) is 5.10 Å². The number of nitrogens with one attached hydrogen (secondary N) is 2. The minimum absolute atomic E-state index is 0.316. The fourth-order valence-corrected chi connectivity index (χ4v) is 2.25. The number of hydrazone groups is 1. The second-order valence-corrected chi connectivity index (χ2v) is 5.17. The van der Waals surface area contributed by atoms with Gasteiger partial charge in [0.15, 0.2) is 0 Å². The lowest BCUT2D eigenvalue weighted by Gasteiger charge is -2.06. The first-order valence-corrected chi connectivity index (χ1v) is 6.98. The highest BCUT2D eigenvalue weighted by Gasteiger charge is 2.11. The van der Waals surface area contributed by atoms with E-state index in [9.17, 15) is 4.79 Å². The Morgan fingerprint density at radius 1 is 1.27 bits per heavy atom. The van der Waals surface area contributed by atoms with E-state index in [0.29, 0.717) is 5.69 Å². The SMILES string of the molecule is Cc1ccc2cc(C)c(C(=O)N/N=C/c3ccc[nH]3)nc2c1. The molecule has 2 N–H and O–H groups in total. The molecule has 0 bridgehead atoms. The Labute approximate surface area is 128 Å². The van der Waals surface area contributed by atoms with E-state index in [0.717, 1.165) is 27.7 Å². The average Bonchev–Trinajstić information content (AvgIpc) is 3.00. The quantitative estimate of drug-likeness (QED) is 0.575. The summed E-state index contributed by atoms with van der Waals surface area (Å²) in [6.45, 7) is 3.87. The van der Waals surface area contributed by atoms with Crippen molar-refractivity contribution in [3.63, 3.8) is 0 Å². The number of fused-ring (bicyclic) bond motifs is 1. The number of hydrogen-bond donors (Lipinski definition) is 2. The smallest absolute Gasteiger partial charge is 0.290 e. The number of pyridine rings is 1. The van der Waals surface area contributed by atoms with Crippen LogP contribution in [0.2, 0.25) is 0 Å². The number of carbonyl (C=O) groups excluding carboxylic acids is 1. The molecule has 0 aliphatic heterocycles. The molecule has 0 fully saturated rings. The van der Waals surface area contributed by atoms with Gasteiger partial charge in [-0.1, -0.05) is 12.1 Å². The molecule has 0 spiro atoms. The first-order chi connectivity index (χ1) is 10.6. The summed E-state index contributed by atoms with van der Waals surface area (Å²) in [6.07, 6.45) is 3.35. The fourth-order valence-electron chi connectivity index (χ4n) is 2.25. The van der Waals surface area contributed by atoms with E-state index in [2.05, 4.69) is 20.5 Å². The summed E-state index contributed by atoms with van der Waals surface area (Å²) >= 11 is 0. The first-order valence-electron chi connectivity index (χ1n) is 6.98. The van der Waals surface area contributed by atoms with Crippen LogP contribution in [0, 0.1) is 13.8 Å². The van der Waals surface area contributed by atoms with Crippen LogP contribution in [0.3, 0.4) is 0 Å². The number of carbonyl (C=O) groups is 1. The van der Waals surface area contributed by atoms with Gasteiger partial charge in [-0.05, 0) is 49.2 Å². The number of hydrogen-bond acceptors (Lipinski definition) is 3. The van der Waals surface area contributed by atoms with Gasteiger partial charge in [-0.15, -0.1) is 0 Å². The van der Waals surface area contributed by atoms with Crippen molar-refractivity contribution in [1.82, 2.24) is 15.4 Å². The third kappa shape index (κ3) is 2.88. The fraction of sp³-hybridized carbons (Fsp3) is 0.118. The highest BCUT2D eigenvalue weighted by Crippen LogP contribution is 2.17. The Kier molecular flexibility index (Phi) is 3.70. The van der Waals surface area contributed by atoms with Gasteiger partial charge in [0.05, 0.1) is 17.4 Å². The van der Waals surface area contributed by atoms with E-state index in [1.807, 2.05) is 50.2 Å². The number of nitrogens with zero attached hydrogens (tertiary/aromatic N) is 2. The molecule has 2 aromatic heterocycles. The minimum atomic E-state index is -0.316. The predicted octanol–water partition coefficient (Wildman–Crippen LogP) is 2.94. The van der Waals surface area contributed by atoms with Gasteiger partial charge < -0.3 is 4.98 Å². The molecule has 0 aliphatic rings. The van der Waals surface area contributed by atoms with Crippen molar-refractivity contribution in [3.05, 3.63) is 65.1 Å². The average molecular weight is 292 g/mol. The number of benzene rings is 1. The number of aryl methyl sites for hydroxylation is 2. The third-order valence-corrected chi connectivity index (χ3v) is 3.37. The van der Waals surface area contributed by atoms with Gasteiger partial charge >= 0.3 is 0 Å². The van der Waals surface area contributed by atoms with E-state index in [1.54, 1.807) is 12.4 Å². The standard InChI is InChI=1S/C17H16N4O/c1-11-5-6-13-9-12(2)16(20-15(13)8-11)17(22)21-19-10-14-4-3-7-18-14/h3-10,18H,1-2H3,(H,21,22)/b19-10+. The topological polar surface area (TPSA) is 70.1 Å². The zero-order chi connectivity index (χ0) is 15.5. The lowest BCUT2D eigenvalue weighted by atomic mass is 10.1. The molecule has 0 saturated carbocycles. The maximum absolute atomic E-state index is 12.2. The summed E-state index contributed by atoms with van der Waals surface area (Å²) in [7, 11) is 0. The summed E-state index contributed by atoms with van der Waals surface area (Å²) in [5.74, 6) is -0.316. The summed E-state index contributed by atoms with van der Waals surface area (Å²) < 4.78 is 0. The van der Waals surface area contributed by atoms with Crippen LogP contribution in [0.25, 0.3) is 10.9 Å². The van der Waals surface area contributed by atoms with E-state index in [4.69, 9.17) is 0 Å². The normalized spacial score (nSPS) is 11.2. The van der Waals surface area contributed by atoms with Gasteiger partial charge in [-0.3, -0.25) is 4.79 Å². The van der Waals surface area contributed by atoms with Crippen LogP contribution < -0.4 is 5.43 Å². The molecule has 1 aromatic carbocycles. The van der Waals surface area contributed by atoms with Crippen LogP contribution in [0.5, 0.6) is 0 Å². The Morgan fingerprint density at radius 3 is 2.91 bits per heavy atom. The van der Waals surface area contributed by atoms with Crippen LogP contribution in [-0.4, -0.2) is 22.1 Å². The van der Waals surface area contributed by atoms with Crippen molar-refractivity contribution in [3.8, 4) is 0 Å². The number of H-pyrrole nitrogens is 1. The van der Waals surface area contributed by atoms with Crippen LogP contribution >= 0.6 is 0 Å². The monoisotopic (exact) mass is 292 g/mol. The van der Waals surface area contributed by atoms with Crippen molar-refractivity contribution >= 4 is 23.0 Å². The maximum Gasteiger partial charge on any atom is 0.290 e. The molecule has 0 atom stereocenters. The van der Waals surface area contributed by atoms with Crippen molar-refractivity contribution in [1.29, 1.82) is 0 Å². The zero-order valence-electron chi connectivity index (χ0n) is 12.4. The van der Waals surface area contributed by atoms with Crippen molar-refractivity contribution in [2.75, 3.05) is 0 Å². The van der Waals surface area contributed by atoms with E-state index in [1.165, 1.54) is 0 Å². The zero-order valence-corrected chi connectivity index (χ0v) is 12.4. The molecule has 5 nitrogen and oxygen atoms in total. The molecule has 0 aliphatic carbocycles. The van der Waals surface area contributed by atoms with Crippen molar-refractivity contribution in [2.45, 2.75) is 13.8 Å². The Morgan fingerprint density at radius 2 is 2.14 bits per heavy atom.